The zero-order chi connectivity index (χ0) is 29.7. The molecule has 1 fully saturated rings. The summed E-state index contributed by atoms with van der Waals surface area (Å²) in [5.41, 5.74) is -0.971. The molecule has 1 aliphatic heterocycles. The van der Waals surface area contributed by atoms with Gasteiger partial charge in [-0.25, -0.2) is 4.79 Å². The van der Waals surface area contributed by atoms with Gasteiger partial charge < -0.3 is 18.0 Å². The normalized spacial score (nSPS) is 24.2. The van der Waals surface area contributed by atoms with Crippen molar-refractivity contribution in [1.29, 1.82) is 0 Å². The van der Waals surface area contributed by atoms with Gasteiger partial charge in [0.2, 0.25) is 0 Å². The number of hydrogen-bond donors (Lipinski definition) is 1. The van der Waals surface area contributed by atoms with E-state index in [1.54, 1.807) is 0 Å². The molecule has 0 aliphatic carbocycles. The molecule has 1 aromatic rings. The lowest BCUT2D eigenvalue weighted by Crippen LogP contribution is -2.54. The van der Waals surface area contributed by atoms with E-state index in [0.717, 1.165) is 0 Å². The average Bonchev–Trinajstić information content (AvgIpc) is 3.00. The van der Waals surface area contributed by atoms with Crippen LogP contribution in [0.5, 0.6) is 0 Å². The zero-order valence-corrected chi connectivity index (χ0v) is 29.6. The third-order valence-electron chi connectivity index (χ3n) is 9.30. The average molecular weight is 587 g/mol. The largest absolute Gasteiger partial charge is 0.414 e. The minimum atomic E-state index is -2.32. The van der Waals surface area contributed by atoms with Gasteiger partial charge in [-0.05, 0) is 54.4 Å². The molecule has 220 valence electrons. The maximum absolute atomic E-state index is 13.0. The van der Waals surface area contributed by atoms with Crippen LogP contribution in [0.2, 0.25) is 54.4 Å². The first kappa shape index (κ1) is 33.4. The van der Waals surface area contributed by atoms with Gasteiger partial charge in [0.25, 0.3) is 5.56 Å². The van der Waals surface area contributed by atoms with E-state index in [2.05, 4.69) is 107 Å². The lowest BCUT2D eigenvalue weighted by molar-refractivity contribution is -0.0510. The van der Waals surface area contributed by atoms with Crippen molar-refractivity contribution in [2.45, 2.75) is 141 Å². The number of nitrogens with one attached hydrogen (secondary N) is 1. The van der Waals surface area contributed by atoms with Crippen molar-refractivity contribution < 1.29 is 18.0 Å². The molecule has 0 amide bonds. The molecule has 1 N–H and O–H groups in total. The van der Waals surface area contributed by atoms with Gasteiger partial charge in [-0.15, -0.1) is 0 Å². The summed E-state index contributed by atoms with van der Waals surface area (Å²) in [6.45, 7) is 33.5. The third-order valence-corrected chi connectivity index (χ3v) is 22.7. The van der Waals surface area contributed by atoms with Gasteiger partial charge >= 0.3 is 5.69 Å². The highest BCUT2D eigenvalue weighted by atomic mass is 28.4. The van der Waals surface area contributed by atoms with Crippen molar-refractivity contribution in [2.75, 3.05) is 6.61 Å². The number of aromatic amines is 1. The van der Waals surface area contributed by atoms with Gasteiger partial charge in [-0.1, -0.05) is 62.3 Å². The monoisotopic (exact) mass is 586 g/mol. The number of nitrogens with zero attached hydrogens (tertiary/aromatic N) is 1. The van der Waals surface area contributed by atoms with Crippen LogP contribution in [-0.2, 0) is 18.0 Å². The molecule has 2 rings (SSSR count). The van der Waals surface area contributed by atoms with E-state index in [4.69, 9.17) is 18.0 Å². The molecule has 0 bridgehead atoms. The Morgan fingerprint density at radius 3 is 1.66 bits per heavy atom. The summed E-state index contributed by atoms with van der Waals surface area (Å²) in [6.07, 6.45) is -0.665. The molecule has 38 heavy (non-hydrogen) atoms. The van der Waals surface area contributed by atoms with Crippen LogP contribution < -0.4 is 11.2 Å². The van der Waals surface area contributed by atoms with E-state index in [9.17, 15) is 9.59 Å². The van der Waals surface area contributed by atoms with Crippen molar-refractivity contribution in [3.8, 4) is 0 Å². The minimum Gasteiger partial charge on any atom is -0.414 e. The number of H-pyrrole nitrogens is 1. The third kappa shape index (κ3) is 7.27. The number of hydrogen-bond acceptors (Lipinski definition) is 6. The summed E-state index contributed by atoms with van der Waals surface area (Å²) in [7, 11) is -6.68. The Kier molecular flexibility index (Phi) is 9.54. The van der Waals surface area contributed by atoms with Gasteiger partial charge in [-0.2, -0.15) is 0 Å². The molecule has 1 aromatic heterocycles. The molecular formula is C27H54N2O6Si3. The number of rotatable bonds is 8. The molecule has 8 nitrogen and oxygen atoms in total. The first-order chi connectivity index (χ1) is 16.8. The van der Waals surface area contributed by atoms with E-state index in [-0.39, 0.29) is 15.1 Å². The highest BCUT2D eigenvalue weighted by molar-refractivity contribution is 6.75. The first-order valence-electron chi connectivity index (χ1n) is 13.8. The molecule has 1 saturated heterocycles. The molecule has 0 radical (unpaired) electrons. The van der Waals surface area contributed by atoms with Crippen LogP contribution in [0.1, 0.15) is 68.5 Å². The van der Waals surface area contributed by atoms with Gasteiger partial charge in [-0.3, -0.25) is 14.3 Å². The lowest BCUT2D eigenvalue weighted by atomic mass is 10.1. The van der Waals surface area contributed by atoms with Crippen molar-refractivity contribution in [1.82, 2.24) is 9.55 Å². The Hall–Kier alpha value is -0.829. The van der Waals surface area contributed by atoms with E-state index in [1.807, 2.05) is 0 Å². The van der Waals surface area contributed by atoms with E-state index in [1.165, 1.54) is 16.8 Å². The van der Waals surface area contributed by atoms with Gasteiger partial charge in [0.15, 0.2) is 31.2 Å². The fourth-order valence-electron chi connectivity index (χ4n) is 3.50. The molecule has 0 saturated carbocycles. The van der Waals surface area contributed by atoms with Crippen LogP contribution in [0, 0.1) is 0 Å². The second-order valence-electron chi connectivity index (χ2n) is 15.3. The Labute approximate surface area is 233 Å². The van der Waals surface area contributed by atoms with Gasteiger partial charge in [0.1, 0.15) is 18.3 Å². The topological polar surface area (TPSA) is 91.8 Å². The van der Waals surface area contributed by atoms with E-state index >= 15 is 0 Å². The summed E-state index contributed by atoms with van der Waals surface area (Å²) in [4.78, 5) is 27.2. The SMILES string of the molecule is CC(C)(C)[Si](C)(C)OC[C@H]1O[C@@H](n2ccc(=O)[nH]c2=O)C(O[Si](C)(C)C(C)(C)C)[C@H]1O[Si](C)(C)C(C)(C)C. The van der Waals surface area contributed by atoms with Crippen LogP contribution in [0.4, 0.5) is 0 Å². The molecule has 2 heterocycles. The standard InChI is InChI=1S/C27H54N2O6Si3/c1-25(2,3)36(10,11)32-18-19-21(34-37(12,13)26(4,5)6)22(35-38(14,15)27(7,8)9)23(33-19)29-17-16-20(30)28-24(29)31/h16-17,19,21-23H,18H2,1-15H3,(H,28,30,31)/t19-,21+,22?,23-/m1/s1. The summed E-state index contributed by atoms with van der Waals surface area (Å²) in [5.74, 6) is 0. The Morgan fingerprint density at radius 2 is 1.24 bits per heavy atom. The van der Waals surface area contributed by atoms with Crippen LogP contribution in [-0.4, -0.2) is 59.4 Å². The zero-order valence-electron chi connectivity index (χ0n) is 26.6. The van der Waals surface area contributed by atoms with Crippen LogP contribution in [0.15, 0.2) is 21.9 Å². The van der Waals surface area contributed by atoms with Gasteiger partial charge in [0, 0.05) is 12.3 Å². The quantitative estimate of drug-likeness (QED) is 0.363. The number of ether oxygens (including phenoxy) is 1. The van der Waals surface area contributed by atoms with Crippen molar-refractivity contribution in [3.05, 3.63) is 33.1 Å². The lowest BCUT2D eigenvalue weighted by Gasteiger charge is -2.44. The molecule has 0 aromatic carbocycles. The van der Waals surface area contributed by atoms with Crippen molar-refractivity contribution in [2.24, 2.45) is 0 Å². The minimum absolute atomic E-state index is 0.0354. The maximum atomic E-state index is 13.0. The first-order valence-corrected chi connectivity index (χ1v) is 22.5. The highest BCUT2D eigenvalue weighted by Gasteiger charge is 2.55. The summed E-state index contributed by atoms with van der Waals surface area (Å²) >= 11 is 0. The molecule has 1 aliphatic rings. The predicted molar refractivity (Wildman–Crippen MR) is 163 cm³/mol. The Morgan fingerprint density at radius 1 is 0.789 bits per heavy atom. The van der Waals surface area contributed by atoms with Crippen LogP contribution >= 0.6 is 0 Å². The van der Waals surface area contributed by atoms with Crippen molar-refractivity contribution in [3.63, 3.8) is 0 Å². The second-order valence-corrected chi connectivity index (χ2v) is 29.7. The summed E-state index contributed by atoms with van der Waals surface area (Å²) in [5, 5.41) is -0.0648. The van der Waals surface area contributed by atoms with Crippen LogP contribution in [0.3, 0.4) is 0 Å². The van der Waals surface area contributed by atoms with Crippen LogP contribution in [0.25, 0.3) is 0 Å². The molecule has 1 unspecified atom stereocenters. The summed E-state index contributed by atoms with van der Waals surface area (Å²) in [6, 6.07) is 1.34. The Balaban J connectivity index is 2.65. The maximum Gasteiger partial charge on any atom is 0.330 e. The highest BCUT2D eigenvalue weighted by Crippen LogP contribution is 2.46. The molecule has 0 spiro atoms. The molecule has 4 atom stereocenters. The van der Waals surface area contributed by atoms with Gasteiger partial charge in [0.05, 0.1) is 6.61 Å². The Bertz CT molecular complexity index is 1080. The molecular weight excluding hydrogens is 533 g/mol. The fraction of sp³-hybridized carbons (Fsp3) is 0.852. The van der Waals surface area contributed by atoms with Crippen molar-refractivity contribution >= 4 is 25.0 Å². The molecule has 11 heteroatoms. The van der Waals surface area contributed by atoms with E-state index in [0.29, 0.717) is 6.61 Å². The smallest absolute Gasteiger partial charge is 0.330 e. The summed E-state index contributed by atoms with van der Waals surface area (Å²) < 4.78 is 28.8. The number of aromatic nitrogens is 2. The van der Waals surface area contributed by atoms with E-state index < -0.39 is 60.7 Å². The second kappa shape index (κ2) is 10.9. The fourth-order valence-corrected chi connectivity index (χ4v) is 7.12. The predicted octanol–water partition coefficient (Wildman–Crippen LogP) is 6.24.